The predicted octanol–water partition coefficient (Wildman–Crippen LogP) is 12.2. The summed E-state index contributed by atoms with van der Waals surface area (Å²) in [5.74, 6) is -0.981. The van der Waals surface area contributed by atoms with Crippen molar-refractivity contribution in [3.8, 4) is 0 Å². The van der Waals surface area contributed by atoms with E-state index in [1.165, 1.54) is 193 Å². The summed E-state index contributed by atoms with van der Waals surface area (Å²) in [5.41, 5.74) is 0. The molecule has 3 aliphatic carbocycles. The Morgan fingerprint density at radius 2 is 0.474 bits per heavy atom. The highest BCUT2D eigenvalue weighted by Crippen LogP contribution is 2.17. The maximum Gasteiger partial charge on any atom is 0.327 e. The minimum atomic E-state index is -0.981. The molecule has 0 radical (unpaired) electrons. The van der Waals surface area contributed by atoms with Crippen molar-refractivity contribution in [2.75, 3.05) is 14.2 Å². The Kier molecular flexibility index (Phi) is 39.6. The second kappa shape index (κ2) is 38.3. The normalized spacial score (nSPS) is 20.3. The van der Waals surface area contributed by atoms with Crippen molar-refractivity contribution in [3.63, 3.8) is 0 Å². The number of carboxylic acid groups (broad SMARTS) is 1. The monoisotopic (exact) mass is 539 g/mol. The first-order valence-corrected chi connectivity index (χ1v) is 16.9. The van der Waals surface area contributed by atoms with Crippen molar-refractivity contribution in [1.82, 2.24) is 0 Å². The van der Waals surface area contributed by atoms with Crippen LogP contribution in [0.2, 0.25) is 0 Å². The molecule has 228 valence electrons. The van der Waals surface area contributed by atoms with Crippen LogP contribution in [0.25, 0.3) is 0 Å². The van der Waals surface area contributed by atoms with Crippen LogP contribution in [-0.2, 0) is 9.53 Å². The van der Waals surface area contributed by atoms with Crippen molar-refractivity contribution in [2.45, 2.75) is 193 Å². The molecule has 0 aliphatic heterocycles. The first-order chi connectivity index (χ1) is 18.7. The van der Waals surface area contributed by atoms with Crippen molar-refractivity contribution in [3.05, 3.63) is 12.7 Å². The second-order valence-electron chi connectivity index (χ2n) is 11.6. The number of hydrogen-bond donors (Lipinski definition) is 1. The van der Waals surface area contributed by atoms with Gasteiger partial charge in [0.2, 0.25) is 0 Å². The Bertz CT molecular complexity index is 288. The molecule has 0 unspecified atom stereocenters. The van der Waals surface area contributed by atoms with Gasteiger partial charge in [-0.15, -0.1) is 0 Å². The molecule has 3 nitrogen and oxygen atoms in total. The SMILES string of the molecule is C1CCCCCCCCC1.C1CCCCCCCCC1.C1CCCCCCCCC1.C=CC(=O)O.COC. The largest absolute Gasteiger partial charge is 0.478 e. The van der Waals surface area contributed by atoms with Gasteiger partial charge in [-0.3, -0.25) is 0 Å². The molecular formula is C35H70O3. The molecule has 0 bridgehead atoms. The lowest BCUT2D eigenvalue weighted by Crippen LogP contribution is -1.85. The highest BCUT2D eigenvalue weighted by atomic mass is 16.4. The van der Waals surface area contributed by atoms with Gasteiger partial charge in [-0.05, 0) is 0 Å². The molecule has 3 rings (SSSR count). The number of aliphatic carboxylic acids is 1. The van der Waals surface area contributed by atoms with Crippen LogP contribution in [0, 0.1) is 0 Å². The van der Waals surface area contributed by atoms with E-state index in [4.69, 9.17) is 5.11 Å². The van der Waals surface area contributed by atoms with E-state index in [1.807, 2.05) is 0 Å². The summed E-state index contributed by atoms with van der Waals surface area (Å²) in [7, 11) is 3.25. The van der Waals surface area contributed by atoms with Gasteiger partial charge in [-0.1, -0.05) is 199 Å². The van der Waals surface area contributed by atoms with Gasteiger partial charge in [0.05, 0.1) is 0 Å². The van der Waals surface area contributed by atoms with E-state index in [0.717, 1.165) is 6.08 Å². The van der Waals surface area contributed by atoms with E-state index >= 15 is 0 Å². The number of carbonyl (C=O) groups is 1. The van der Waals surface area contributed by atoms with E-state index in [-0.39, 0.29) is 0 Å². The zero-order valence-electron chi connectivity index (χ0n) is 26.3. The van der Waals surface area contributed by atoms with Gasteiger partial charge >= 0.3 is 5.97 Å². The lowest BCUT2D eigenvalue weighted by Gasteiger charge is -2.05. The Balaban J connectivity index is 0. The minimum absolute atomic E-state index is 0.833. The summed E-state index contributed by atoms with van der Waals surface area (Å²) >= 11 is 0. The van der Waals surface area contributed by atoms with Gasteiger partial charge < -0.3 is 9.84 Å². The third-order valence-electron chi connectivity index (χ3n) is 7.67. The molecule has 0 aromatic carbocycles. The Morgan fingerprint density at radius 3 is 0.500 bits per heavy atom. The lowest BCUT2D eigenvalue weighted by molar-refractivity contribution is -0.131. The topological polar surface area (TPSA) is 46.5 Å². The van der Waals surface area contributed by atoms with E-state index in [1.54, 1.807) is 14.2 Å². The van der Waals surface area contributed by atoms with Gasteiger partial charge in [0, 0.05) is 20.3 Å². The first kappa shape index (κ1) is 39.3. The van der Waals surface area contributed by atoms with Crippen LogP contribution in [0.4, 0.5) is 0 Å². The average Bonchev–Trinajstić information content (AvgIpc) is 2.95. The third kappa shape index (κ3) is 42.3. The molecular weight excluding hydrogens is 468 g/mol. The quantitative estimate of drug-likeness (QED) is 0.338. The molecule has 0 aromatic heterocycles. The summed E-state index contributed by atoms with van der Waals surface area (Å²) in [5, 5.41) is 7.60. The maximum absolute atomic E-state index is 9.25. The van der Waals surface area contributed by atoms with Crippen molar-refractivity contribution >= 4 is 5.97 Å². The zero-order chi connectivity index (χ0) is 28.2. The standard InChI is InChI=1S/3C10H20.C3H4O2.C2H6O/c3*1-2-4-6-8-10-9-7-5-3-1;1-2-3(4)5;1-3-2/h3*1-10H2;2H,1H2,(H,4,5);1-2H3. The van der Waals surface area contributed by atoms with Crippen LogP contribution in [0.5, 0.6) is 0 Å². The van der Waals surface area contributed by atoms with E-state index in [9.17, 15) is 4.79 Å². The third-order valence-corrected chi connectivity index (χ3v) is 7.67. The summed E-state index contributed by atoms with van der Waals surface area (Å²) in [6.07, 6.45) is 45.8. The van der Waals surface area contributed by atoms with Crippen LogP contribution in [-0.4, -0.2) is 25.3 Å². The van der Waals surface area contributed by atoms with E-state index < -0.39 is 5.97 Å². The van der Waals surface area contributed by atoms with Crippen molar-refractivity contribution in [2.24, 2.45) is 0 Å². The zero-order valence-corrected chi connectivity index (χ0v) is 26.3. The van der Waals surface area contributed by atoms with E-state index in [0.29, 0.717) is 0 Å². The fourth-order valence-corrected chi connectivity index (χ4v) is 5.30. The molecule has 3 saturated carbocycles. The fourth-order valence-electron chi connectivity index (χ4n) is 5.30. The smallest absolute Gasteiger partial charge is 0.327 e. The first-order valence-electron chi connectivity index (χ1n) is 16.9. The van der Waals surface area contributed by atoms with Gasteiger partial charge in [-0.25, -0.2) is 4.79 Å². The lowest BCUT2D eigenvalue weighted by atomic mass is 10.0. The minimum Gasteiger partial charge on any atom is -0.478 e. The molecule has 1 N–H and O–H groups in total. The van der Waals surface area contributed by atoms with Crippen LogP contribution in [0.15, 0.2) is 12.7 Å². The summed E-state index contributed by atoms with van der Waals surface area (Å²) in [6.45, 7) is 2.96. The van der Waals surface area contributed by atoms with Crippen molar-refractivity contribution in [1.29, 1.82) is 0 Å². The van der Waals surface area contributed by atoms with Gasteiger partial charge in [0.15, 0.2) is 0 Å². The number of rotatable bonds is 1. The molecule has 3 fully saturated rings. The molecule has 0 heterocycles. The molecule has 0 saturated heterocycles. The van der Waals surface area contributed by atoms with Crippen molar-refractivity contribution < 1.29 is 14.6 Å². The van der Waals surface area contributed by atoms with Crippen LogP contribution < -0.4 is 0 Å². The molecule has 3 aliphatic rings. The molecule has 0 amide bonds. The summed E-state index contributed by atoms with van der Waals surface area (Å²) in [6, 6.07) is 0. The molecule has 38 heavy (non-hydrogen) atoms. The molecule has 0 spiro atoms. The molecule has 0 atom stereocenters. The van der Waals surface area contributed by atoms with E-state index in [2.05, 4.69) is 11.3 Å². The highest BCUT2D eigenvalue weighted by molar-refractivity contribution is 5.78. The fraction of sp³-hybridized carbons (Fsp3) is 0.914. The maximum atomic E-state index is 9.25. The van der Waals surface area contributed by atoms with Gasteiger partial charge in [0.25, 0.3) is 0 Å². The Labute approximate surface area is 240 Å². The van der Waals surface area contributed by atoms with Crippen LogP contribution >= 0.6 is 0 Å². The number of methoxy groups -OCH3 is 1. The summed E-state index contributed by atoms with van der Waals surface area (Å²) < 4.78 is 4.25. The molecule has 0 aromatic rings. The Morgan fingerprint density at radius 1 is 0.421 bits per heavy atom. The van der Waals surface area contributed by atoms with Gasteiger partial charge in [0.1, 0.15) is 0 Å². The van der Waals surface area contributed by atoms with Crippen LogP contribution in [0.3, 0.4) is 0 Å². The highest BCUT2D eigenvalue weighted by Gasteiger charge is 1.97. The average molecular weight is 539 g/mol. The van der Waals surface area contributed by atoms with Crippen LogP contribution in [0.1, 0.15) is 193 Å². The summed E-state index contributed by atoms with van der Waals surface area (Å²) in [4.78, 5) is 9.25. The number of hydrogen-bond acceptors (Lipinski definition) is 2. The predicted molar refractivity (Wildman–Crippen MR) is 169 cm³/mol. The van der Waals surface area contributed by atoms with Gasteiger partial charge in [-0.2, -0.15) is 0 Å². The second-order valence-corrected chi connectivity index (χ2v) is 11.6. The molecule has 3 heteroatoms. The number of ether oxygens (including phenoxy) is 1. The number of carboxylic acids is 1. The Hall–Kier alpha value is -0.830.